The summed E-state index contributed by atoms with van der Waals surface area (Å²) < 4.78 is 0. The molecule has 1 N–H and O–H groups in total. The predicted molar refractivity (Wildman–Crippen MR) is 71.5 cm³/mol. The van der Waals surface area contributed by atoms with Crippen LogP contribution in [0.2, 0.25) is 5.02 Å². The van der Waals surface area contributed by atoms with E-state index in [1.807, 2.05) is 6.07 Å². The van der Waals surface area contributed by atoms with Crippen molar-refractivity contribution in [1.82, 2.24) is 4.98 Å². The van der Waals surface area contributed by atoms with Crippen molar-refractivity contribution in [2.45, 2.75) is 38.6 Å². The maximum absolute atomic E-state index is 11.0. The molecule has 1 aromatic rings. The molecular weight excluding hydrogens is 252 g/mol. The van der Waals surface area contributed by atoms with Gasteiger partial charge in [0.25, 0.3) is 0 Å². The molecule has 4 nitrogen and oxygen atoms in total. The van der Waals surface area contributed by atoms with Gasteiger partial charge in [0.2, 0.25) is 0 Å². The number of unbranched alkanes of at least 4 members (excludes halogenated alkanes) is 1. The fraction of sp³-hybridized carbons (Fsp3) is 0.538. The Morgan fingerprint density at radius 3 is 2.83 bits per heavy atom. The zero-order valence-corrected chi connectivity index (χ0v) is 11.2. The lowest BCUT2D eigenvalue weighted by atomic mass is 10.3. The first-order valence-corrected chi connectivity index (χ1v) is 6.67. The van der Waals surface area contributed by atoms with Crippen molar-refractivity contribution in [3.05, 3.63) is 22.8 Å². The molecule has 1 aliphatic carbocycles. The molecule has 0 unspecified atom stereocenters. The summed E-state index contributed by atoms with van der Waals surface area (Å²) in [7, 11) is 0. The Morgan fingerprint density at radius 2 is 2.28 bits per heavy atom. The number of aromatic nitrogens is 1. The summed E-state index contributed by atoms with van der Waals surface area (Å²) in [5.41, 5.74) is -0.0590. The van der Waals surface area contributed by atoms with Crippen molar-refractivity contribution in [3.8, 4) is 0 Å². The highest BCUT2D eigenvalue weighted by Crippen LogP contribution is 2.31. The van der Waals surface area contributed by atoms with Gasteiger partial charge in [-0.3, -0.25) is 0 Å². The molecule has 1 aliphatic rings. The van der Waals surface area contributed by atoms with Crippen molar-refractivity contribution >= 4 is 23.4 Å². The summed E-state index contributed by atoms with van der Waals surface area (Å²) in [6.45, 7) is 3.07. The van der Waals surface area contributed by atoms with E-state index in [0.717, 1.165) is 38.0 Å². The molecule has 1 heterocycles. The highest BCUT2D eigenvalue weighted by molar-refractivity contribution is 6.33. The first-order valence-electron chi connectivity index (χ1n) is 6.30. The van der Waals surface area contributed by atoms with E-state index in [9.17, 15) is 4.79 Å². The smallest absolute Gasteiger partial charge is 0.356 e. The second kappa shape index (κ2) is 5.57. The van der Waals surface area contributed by atoms with E-state index in [-0.39, 0.29) is 10.7 Å². The fourth-order valence-electron chi connectivity index (χ4n) is 1.94. The molecule has 5 heteroatoms. The van der Waals surface area contributed by atoms with Gasteiger partial charge in [0.05, 0.1) is 5.02 Å². The van der Waals surface area contributed by atoms with E-state index in [1.165, 1.54) is 0 Å². The molecular formula is C13H17ClN2O2. The Kier molecular flexibility index (Phi) is 4.07. The van der Waals surface area contributed by atoms with Crippen molar-refractivity contribution in [2.24, 2.45) is 0 Å². The van der Waals surface area contributed by atoms with Crippen molar-refractivity contribution < 1.29 is 9.90 Å². The van der Waals surface area contributed by atoms with Crippen LogP contribution in [0.1, 0.15) is 43.1 Å². The lowest BCUT2D eigenvalue weighted by Gasteiger charge is -2.23. The first kappa shape index (κ1) is 13.1. The summed E-state index contributed by atoms with van der Waals surface area (Å²) >= 11 is 5.83. The molecule has 0 saturated heterocycles. The van der Waals surface area contributed by atoms with Crippen molar-refractivity contribution in [2.75, 3.05) is 11.4 Å². The van der Waals surface area contributed by atoms with E-state index >= 15 is 0 Å². The molecule has 1 saturated carbocycles. The van der Waals surface area contributed by atoms with E-state index in [2.05, 4.69) is 16.8 Å². The van der Waals surface area contributed by atoms with Crippen LogP contribution in [-0.2, 0) is 0 Å². The second-order valence-electron chi connectivity index (χ2n) is 4.58. The normalized spacial score (nSPS) is 14.6. The SMILES string of the molecule is CCCCN(c1ccc(Cl)c(C(=O)O)n1)C1CC1. The van der Waals surface area contributed by atoms with Gasteiger partial charge < -0.3 is 10.0 Å². The van der Waals surface area contributed by atoms with Crippen LogP contribution in [0.3, 0.4) is 0 Å². The third kappa shape index (κ3) is 2.93. The minimum atomic E-state index is -1.08. The minimum absolute atomic E-state index is 0.0590. The Hall–Kier alpha value is -1.29. The van der Waals surface area contributed by atoms with Gasteiger partial charge in [0.1, 0.15) is 5.82 Å². The molecule has 0 bridgehead atoms. The van der Waals surface area contributed by atoms with Gasteiger partial charge in [0.15, 0.2) is 5.69 Å². The van der Waals surface area contributed by atoms with E-state index in [4.69, 9.17) is 16.7 Å². The van der Waals surface area contributed by atoms with Crippen LogP contribution in [0, 0.1) is 0 Å². The molecule has 0 aliphatic heterocycles. The topological polar surface area (TPSA) is 53.4 Å². The van der Waals surface area contributed by atoms with E-state index in [1.54, 1.807) is 6.07 Å². The second-order valence-corrected chi connectivity index (χ2v) is 4.99. The Bertz CT molecular complexity index is 447. The number of pyridine rings is 1. The number of carboxylic acid groups (broad SMARTS) is 1. The number of carboxylic acids is 1. The van der Waals surface area contributed by atoms with Gasteiger partial charge in [-0.15, -0.1) is 0 Å². The molecule has 18 heavy (non-hydrogen) atoms. The fourth-order valence-corrected chi connectivity index (χ4v) is 2.13. The first-order chi connectivity index (χ1) is 8.63. The van der Waals surface area contributed by atoms with E-state index < -0.39 is 5.97 Å². The largest absolute Gasteiger partial charge is 0.476 e. The van der Waals surface area contributed by atoms with Crippen LogP contribution in [0.5, 0.6) is 0 Å². The molecule has 2 rings (SSSR count). The van der Waals surface area contributed by atoms with Gasteiger partial charge in [-0.05, 0) is 31.4 Å². The maximum atomic E-state index is 11.0. The number of hydrogen-bond acceptors (Lipinski definition) is 3. The van der Waals surface area contributed by atoms with Gasteiger partial charge >= 0.3 is 5.97 Å². The van der Waals surface area contributed by atoms with Gasteiger partial charge in [0, 0.05) is 12.6 Å². The average molecular weight is 269 g/mol. The molecule has 0 aromatic carbocycles. The summed E-state index contributed by atoms with van der Waals surface area (Å²) in [5.74, 6) is -0.346. The van der Waals surface area contributed by atoms with Crippen LogP contribution in [0.25, 0.3) is 0 Å². The monoisotopic (exact) mass is 268 g/mol. The number of carbonyl (C=O) groups is 1. The number of anilines is 1. The van der Waals surface area contributed by atoms with Crippen LogP contribution in [-0.4, -0.2) is 28.6 Å². The molecule has 0 radical (unpaired) electrons. The van der Waals surface area contributed by atoms with Crippen LogP contribution in [0.15, 0.2) is 12.1 Å². The average Bonchev–Trinajstić information content (AvgIpc) is 3.15. The quantitative estimate of drug-likeness (QED) is 0.861. The van der Waals surface area contributed by atoms with Crippen molar-refractivity contribution in [3.63, 3.8) is 0 Å². The minimum Gasteiger partial charge on any atom is -0.476 e. The van der Waals surface area contributed by atoms with Gasteiger partial charge in [-0.25, -0.2) is 9.78 Å². The summed E-state index contributed by atoms with van der Waals surface area (Å²) in [5, 5.41) is 9.23. The molecule has 98 valence electrons. The zero-order valence-electron chi connectivity index (χ0n) is 10.4. The Morgan fingerprint density at radius 1 is 1.56 bits per heavy atom. The number of rotatable bonds is 6. The van der Waals surface area contributed by atoms with Gasteiger partial charge in [-0.1, -0.05) is 24.9 Å². The third-order valence-electron chi connectivity index (χ3n) is 3.07. The Balaban J connectivity index is 2.24. The number of hydrogen-bond donors (Lipinski definition) is 1. The number of aromatic carboxylic acids is 1. The van der Waals surface area contributed by atoms with E-state index in [0.29, 0.717) is 6.04 Å². The highest BCUT2D eigenvalue weighted by Gasteiger charge is 2.30. The summed E-state index contributed by atoms with van der Waals surface area (Å²) in [4.78, 5) is 17.4. The third-order valence-corrected chi connectivity index (χ3v) is 3.37. The van der Waals surface area contributed by atoms with Crippen LogP contribution in [0.4, 0.5) is 5.82 Å². The summed E-state index contributed by atoms with van der Waals surface area (Å²) in [6.07, 6.45) is 4.53. The van der Waals surface area contributed by atoms with Gasteiger partial charge in [-0.2, -0.15) is 0 Å². The molecule has 0 atom stereocenters. The van der Waals surface area contributed by atoms with Crippen molar-refractivity contribution in [1.29, 1.82) is 0 Å². The molecule has 0 amide bonds. The van der Waals surface area contributed by atoms with Crippen LogP contribution < -0.4 is 4.90 Å². The zero-order chi connectivity index (χ0) is 13.1. The standard InChI is InChI=1S/C13H17ClN2O2/c1-2-3-8-16(9-4-5-9)11-7-6-10(14)12(15-11)13(17)18/h6-7,9H,2-5,8H2,1H3,(H,17,18). The summed E-state index contributed by atoms with van der Waals surface area (Å²) in [6, 6.07) is 3.95. The lowest BCUT2D eigenvalue weighted by Crippen LogP contribution is -2.28. The molecule has 1 fully saturated rings. The number of halogens is 1. The number of nitrogens with zero attached hydrogens (tertiary/aromatic N) is 2. The Labute approximate surface area is 112 Å². The lowest BCUT2D eigenvalue weighted by molar-refractivity contribution is 0.0691. The molecule has 1 aromatic heterocycles. The highest BCUT2D eigenvalue weighted by atomic mass is 35.5. The molecule has 0 spiro atoms. The van der Waals surface area contributed by atoms with Crippen LogP contribution >= 0.6 is 11.6 Å². The predicted octanol–water partition coefficient (Wildman–Crippen LogP) is 3.20. The maximum Gasteiger partial charge on any atom is 0.356 e.